The Labute approximate surface area is 100 Å². The van der Waals surface area contributed by atoms with Crippen molar-refractivity contribution in [3.8, 4) is 5.75 Å². The molecule has 0 aliphatic rings. The van der Waals surface area contributed by atoms with Gasteiger partial charge < -0.3 is 9.47 Å². The average molecular weight is 261 g/mol. The first kappa shape index (κ1) is 14.0. The Balaban J connectivity index is 2.82. The van der Waals surface area contributed by atoms with Crippen molar-refractivity contribution < 1.29 is 28.0 Å². The topological polar surface area (TPSA) is 78.7 Å². The molecule has 0 N–H and O–H groups in total. The molecule has 0 aliphatic carbocycles. The van der Waals surface area contributed by atoms with E-state index in [2.05, 4.69) is 9.47 Å². The Morgan fingerprint density at radius 1 is 1.44 bits per heavy atom. The van der Waals surface area contributed by atoms with E-state index < -0.39 is 34.8 Å². The molecule has 0 amide bonds. The normalized spacial score (nSPS) is 10.2. The maximum absolute atomic E-state index is 13.3. The lowest BCUT2D eigenvalue weighted by atomic mass is 10.3. The Kier molecular flexibility index (Phi) is 4.67. The highest BCUT2D eigenvalue weighted by Crippen LogP contribution is 2.31. The Bertz CT molecular complexity index is 478. The number of nitro benzene ring substituents is 1. The van der Waals surface area contributed by atoms with E-state index in [-0.39, 0.29) is 12.4 Å². The average Bonchev–Trinajstić information content (AvgIpc) is 2.29. The third kappa shape index (κ3) is 3.45. The van der Waals surface area contributed by atoms with Crippen LogP contribution in [-0.2, 0) is 9.53 Å². The van der Waals surface area contributed by atoms with Crippen LogP contribution in [0.25, 0.3) is 0 Å². The van der Waals surface area contributed by atoms with Crippen molar-refractivity contribution in [2.24, 2.45) is 0 Å². The minimum absolute atomic E-state index is 0.287. The maximum Gasteiger partial charge on any atom is 0.314 e. The minimum atomic E-state index is -1.48. The third-order valence-corrected chi connectivity index (χ3v) is 1.82. The molecule has 1 aromatic carbocycles. The van der Waals surface area contributed by atoms with Crippen molar-refractivity contribution in [2.45, 2.75) is 6.92 Å². The molecule has 0 aliphatic heterocycles. The summed E-state index contributed by atoms with van der Waals surface area (Å²) in [5.74, 6) is -3.91. The van der Waals surface area contributed by atoms with Crippen molar-refractivity contribution in [2.75, 3.05) is 13.4 Å². The quantitative estimate of drug-likeness (QED) is 0.338. The molecular formula is C10H9F2NO5. The van der Waals surface area contributed by atoms with Crippen LogP contribution >= 0.6 is 0 Å². The molecule has 18 heavy (non-hydrogen) atoms. The van der Waals surface area contributed by atoms with Gasteiger partial charge in [0.1, 0.15) is 6.61 Å². The number of rotatable bonds is 6. The Morgan fingerprint density at radius 3 is 2.67 bits per heavy atom. The SMILES string of the molecule is CC(=O)COCOc1c([N+](=O)[O-])ccc(F)c1F. The number of ether oxygens (including phenoxy) is 2. The smallest absolute Gasteiger partial charge is 0.314 e. The van der Waals surface area contributed by atoms with Crippen LogP contribution in [0.2, 0.25) is 0 Å². The molecule has 0 atom stereocenters. The van der Waals surface area contributed by atoms with Gasteiger partial charge in [-0.15, -0.1) is 0 Å². The summed E-state index contributed by atoms with van der Waals surface area (Å²) < 4.78 is 35.4. The lowest BCUT2D eigenvalue weighted by Gasteiger charge is -2.07. The molecule has 0 aromatic heterocycles. The summed E-state index contributed by atoms with van der Waals surface area (Å²) in [4.78, 5) is 20.2. The number of nitrogens with zero attached hydrogens (tertiary/aromatic N) is 1. The molecule has 98 valence electrons. The summed E-state index contributed by atoms with van der Waals surface area (Å²) >= 11 is 0. The van der Waals surface area contributed by atoms with E-state index in [0.29, 0.717) is 6.07 Å². The highest BCUT2D eigenvalue weighted by molar-refractivity contribution is 5.76. The number of hydrogen-bond acceptors (Lipinski definition) is 5. The van der Waals surface area contributed by atoms with Crippen LogP contribution in [0.1, 0.15) is 6.92 Å². The number of carbonyl (C=O) groups excluding carboxylic acids is 1. The molecule has 1 rings (SSSR count). The Hall–Kier alpha value is -2.09. The standard InChI is InChI=1S/C10H9F2NO5/c1-6(14)4-17-5-18-10-8(13(15)16)3-2-7(11)9(10)12/h2-3H,4-5H2,1H3. The second-order valence-electron chi connectivity index (χ2n) is 3.28. The van der Waals surface area contributed by atoms with Gasteiger partial charge in [0, 0.05) is 6.07 Å². The van der Waals surface area contributed by atoms with Gasteiger partial charge in [-0.25, -0.2) is 4.39 Å². The van der Waals surface area contributed by atoms with Crippen LogP contribution in [0, 0.1) is 21.7 Å². The molecule has 0 saturated carbocycles. The number of ketones is 1. The molecule has 0 bridgehead atoms. The van der Waals surface area contributed by atoms with E-state index in [1.165, 1.54) is 6.92 Å². The zero-order valence-corrected chi connectivity index (χ0v) is 9.31. The summed E-state index contributed by atoms with van der Waals surface area (Å²) in [6.07, 6.45) is 0. The highest BCUT2D eigenvalue weighted by Gasteiger charge is 2.23. The van der Waals surface area contributed by atoms with E-state index in [9.17, 15) is 23.7 Å². The monoisotopic (exact) mass is 261 g/mol. The van der Waals surface area contributed by atoms with E-state index >= 15 is 0 Å². The molecule has 0 fully saturated rings. The molecule has 0 spiro atoms. The number of benzene rings is 1. The molecule has 8 heteroatoms. The number of hydrogen-bond donors (Lipinski definition) is 0. The first-order valence-electron chi connectivity index (χ1n) is 4.76. The lowest BCUT2D eigenvalue weighted by molar-refractivity contribution is -0.386. The molecule has 0 radical (unpaired) electrons. The molecule has 0 heterocycles. The minimum Gasteiger partial charge on any atom is -0.457 e. The van der Waals surface area contributed by atoms with Gasteiger partial charge in [-0.1, -0.05) is 0 Å². The van der Waals surface area contributed by atoms with Crippen molar-refractivity contribution in [1.82, 2.24) is 0 Å². The first-order chi connectivity index (χ1) is 8.43. The first-order valence-corrected chi connectivity index (χ1v) is 4.76. The fourth-order valence-electron chi connectivity index (χ4n) is 1.09. The van der Waals surface area contributed by atoms with Crippen LogP contribution in [0.5, 0.6) is 5.75 Å². The van der Waals surface area contributed by atoms with Gasteiger partial charge in [-0.2, -0.15) is 4.39 Å². The van der Waals surface area contributed by atoms with Crippen LogP contribution in [0.3, 0.4) is 0 Å². The van der Waals surface area contributed by atoms with Crippen molar-refractivity contribution >= 4 is 11.5 Å². The third-order valence-electron chi connectivity index (χ3n) is 1.82. The zero-order chi connectivity index (χ0) is 13.7. The summed E-state index contributed by atoms with van der Waals surface area (Å²) in [6.45, 7) is 0.372. The van der Waals surface area contributed by atoms with Crippen LogP contribution in [-0.4, -0.2) is 24.1 Å². The summed E-state index contributed by atoms with van der Waals surface area (Å²) in [5, 5.41) is 10.6. The van der Waals surface area contributed by atoms with Crippen molar-refractivity contribution in [1.29, 1.82) is 0 Å². The zero-order valence-electron chi connectivity index (χ0n) is 9.31. The number of carbonyl (C=O) groups is 1. The summed E-state index contributed by atoms with van der Waals surface area (Å²) in [7, 11) is 0. The van der Waals surface area contributed by atoms with E-state index in [0.717, 1.165) is 6.07 Å². The molecular weight excluding hydrogens is 252 g/mol. The molecule has 6 nitrogen and oxygen atoms in total. The van der Waals surface area contributed by atoms with E-state index in [4.69, 9.17) is 0 Å². The van der Waals surface area contributed by atoms with Gasteiger partial charge in [0.15, 0.2) is 18.4 Å². The van der Waals surface area contributed by atoms with Crippen LogP contribution in [0.4, 0.5) is 14.5 Å². The largest absolute Gasteiger partial charge is 0.457 e. The van der Waals surface area contributed by atoms with Gasteiger partial charge in [0.25, 0.3) is 0 Å². The van der Waals surface area contributed by atoms with Crippen LogP contribution in [0.15, 0.2) is 12.1 Å². The molecule has 0 saturated heterocycles. The number of Topliss-reactive ketones (excluding diaryl/α,β-unsaturated/α-hetero) is 1. The van der Waals surface area contributed by atoms with E-state index in [1.807, 2.05) is 0 Å². The van der Waals surface area contributed by atoms with Gasteiger partial charge in [-0.3, -0.25) is 14.9 Å². The maximum atomic E-state index is 13.3. The van der Waals surface area contributed by atoms with Crippen molar-refractivity contribution in [3.05, 3.63) is 33.9 Å². The number of nitro groups is 1. The van der Waals surface area contributed by atoms with Gasteiger partial charge in [0.2, 0.25) is 11.6 Å². The van der Waals surface area contributed by atoms with Gasteiger partial charge in [-0.05, 0) is 13.0 Å². The van der Waals surface area contributed by atoms with Crippen molar-refractivity contribution in [3.63, 3.8) is 0 Å². The fourth-order valence-corrected chi connectivity index (χ4v) is 1.09. The van der Waals surface area contributed by atoms with E-state index in [1.54, 1.807) is 0 Å². The summed E-state index contributed by atoms with van der Waals surface area (Å²) in [6, 6.07) is 1.40. The lowest BCUT2D eigenvalue weighted by Crippen LogP contribution is -2.11. The number of halogens is 2. The molecule has 0 unspecified atom stereocenters. The fraction of sp³-hybridized carbons (Fsp3) is 0.300. The Morgan fingerprint density at radius 2 is 2.11 bits per heavy atom. The second-order valence-corrected chi connectivity index (χ2v) is 3.28. The van der Waals surface area contributed by atoms with Gasteiger partial charge >= 0.3 is 5.69 Å². The molecule has 1 aromatic rings. The highest BCUT2D eigenvalue weighted by atomic mass is 19.2. The second kappa shape index (κ2) is 6.01. The van der Waals surface area contributed by atoms with Crippen LogP contribution < -0.4 is 4.74 Å². The summed E-state index contributed by atoms with van der Waals surface area (Å²) in [5.41, 5.74) is -0.722. The van der Waals surface area contributed by atoms with Gasteiger partial charge in [0.05, 0.1) is 4.92 Å². The predicted molar refractivity (Wildman–Crippen MR) is 55.1 cm³/mol. The predicted octanol–water partition coefficient (Wildman–Crippen LogP) is 1.81.